The van der Waals surface area contributed by atoms with E-state index in [4.69, 9.17) is 4.74 Å². The fraction of sp³-hybridized carbons (Fsp3) is 0.500. The first-order chi connectivity index (χ1) is 10.3. The molecule has 2 amide bonds. The molecule has 0 aliphatic heterocycles. The van der Waals surface area contributed by atoms with Crippen LogP contribution in [0.5, 0.6) is 0 Å². The molecular formula is C14H20F3N3O2. The summed E-state index contributed by atoms with van der Waals surface area (Å²) in [5, 5.41) is 4.70. The first kappa shape index (κ1) is 18.1. The Hall–Kier alpha value is -1.96. The van der Waals surface area contributed by atoms with Crippen molar-refractivity contribution in [3.8, 4) is 0 Å². The van der Waals surface area contributed by atoms with Crippen molar-refractivity contribution in [3.05, 3.63) is 23.8 Å². The van der Waals surface area contributed by atoms with Crippen LogP contribution in [0.2, 0.25) is 0 Å². The topological polar surface area (TPSA) is 53.6 Å². The molecule has 0 saturated heterocycles. The Labute approximate surface area is 127 Å². The molecule has 0 atom stereocenters. The van der Waals surface area contributed by atoms with Gasteiger partial charge in [0.1, 0.15) is 0 Å². The van der Waals surface area contributed by atoms with E-state index in [1.807, 2.05) is 0 Å². The number of halogens is 3. The summed E-state index contributed by atoms with van der Waals surface area (Å²) in [7, 11) is 4.82. The summed E-state index contributed by atoms with van der Waals surface area (Å²) >= 11 is 0. The summed E-state index contributed by atoms with van der Waals surface area (Å²) in [5.41, 5.74) is -0.758. The maximum absolute atomic E-state index is 13.1. The minimum Gasteiger partial charge on any atom is -0.385 e. The van der Waals surface area contributed by atoms with Gasteiger partial charge in [-0.05, 0) is 24.6 Å². The van der Waals surface area contributed by atoms with Crippen LogP contribution >= 0.6 is 0 Å². The fourth-order valence-electron chi connectivity index (χ4n) is 1.74. The first-order valence-electron chi connectivity index (χ1n) is 6.68. The van der Waals surface area contributed by atoms with E-state index in [1.165, 1.54) is 19.2 Å². The van der Waals surface area contributed by atoms with E-state index in [9.17, 15) is 18.0 Å². The smallest absolute Gasteiger partial charge is 0.385 e. The van der Waals surface area contributed by atoms with Crippen LogP contribution in [-0.4, -0.2) is 40.4 Å². The molecule has 0 aliphatic carbocycles. The lowest BCUT2D eigenvalue weighted by molar-refractivity contribution is -0.136. The number of urea groups is 1. The van der Waals surface area contributed by atoms with Crippen molar-refractivity contribution in [1.82, 2.24) is 5.32 Å². The zero-order valence-corrected chi connectivity index (χ0v) is 12.8. The van der Waals surface area contributed by atoms with Gasteiger partial charge >= 0.3 is 12.2 Å². The molecule has 0 fully saturated rings. The molecule has 0 saturated carbocycles. The number of nitrogens with zero attached hydrogens (tertiary/aromatic N) is 1. The van der Waals surface area contributed by atoms with Gasteiger partial charge in [0.2, 0.25) is 0 Å². The normalized spacial score (nSPS) is 11.2. The number of ether oxygens (including phenoxy) is 1. The molecular weight excluding hydrogens is 299 g/mol. The van der Waals surface area contributed by atoms with Crippen molar-refractivity contribution in [2.24, 2.45) is 0 Å². The third-order valence-electron chi connectivity index (χ3n) is 2.88. The lowest BCUT2D eigenvalue weighted by atomic mass is 10.1. The van der Waals surface area contributed by atoms with Crippen LogP contribution in [0.3, 0.4) is 0 Å². The number of hydrogen-bond donors (Lipinski definition) is 2. The Bertz CT molecular complexity index is 505. The van der Waals surface area contributed by atoms with Gasteiger partial charge in [-0.3, -0.25) is 0 Å². The Morgan fingerprint density at radius 2 is 2.00 bits per heavy atom. The van der Waals surface area contributed by atoms with E-state index in [0.29, 0.717) is 25.3 Å². The van der Waals surface area contributed by atoms with Crippen LogP contribution in [0, 0.1) is 0 Å². The number of carbonyl (C=O) groups is 1. The standard InChI is InChI=1S/C14H20F3N3O2/c1-20(2)10-5-6-12(11(9-10)14(15,16)17)19-13(21)18-7-4-8-22-3/h5-6,9H,4,7-8H2,1-3H3,(H2,18,19,21). The molecule has 5 nitrogen and oxygen atoms in total. The number of alkyl halides is 3. The molecule has 0 unspecified atom stereocenters. The van der Waals surface area contributed by atoms with Crippen molar-refractivity contribution in [3.63, 3.8) is 0 Å². The van der Waals surface area contributed by atoms with Crippen LogP contribution < -0.4 is 15.5 Å². The monoisotopic (exact) mass is 319 g/mol. The van der Waals surface area contributed by atoms with Gasteiger partial charge in [-0.25, -0.2) is 4.79 Å². The average molecular weight is 319 g/mol. The highest BCUT2D eigenvalue weighted by Crippen LogP contribution is 2.37. The quantitative estimate of drug-likeness (QED) is 0.793. The van der Waals surface area contributed by atoms with Crippen LogP contribution in [0.25, 0.3) is 0 Å². The second kappa shape index (κ2) is 7.88. The van der Waals surface area contributed by atoms with Crippen LogP contribution in [0.4, 0.5) is 29.3 Å². The SMILES string of the molecule is COCCCNC(=O)Nc1ccc(N(C)C)cc1C(F)(F)F. The average Bonchev–Trinajstić information content (AvgIpc) is 2.42. The number of amides is 2. The third-order valence-corrected chi connectivity index (χ3v) is 2.88. The highest BCUT2D eigenvalue weighted by Gasteiger charge is 2.34. The number of anilines is 2. The van der Waals surface area contributed by atoms with Gasteiger partial charge in [0.25, 0.3) is 0 Å². The Kier molecular flexibility index (Phi) is 6.48. The van der Waals surface area contributed by atoms with Crippen LogP contribution in [0.15, 0.2) is 18.2 Å². The maximum Gasteiger partial charge on any atom is 0.418 e. The largest absolute Gasteiger partial charge is 0.418 e. The Morgan fingerprint density at radius 1 is 1.32 bits per heavy atom. The van der Waals surface area contributed by atoms with Crippen LogP contribution in [-0.2, 0) is 10.9 Å². The van der Waals surface area contributed by atoms with E-state index in [2.05, 4.69) is 10.6 Å². The molecule has 0 heterocycles. The van der Waals surface area contributed by atoms with E-state index >= 15 is 0 Å². The molecule has 0 bridgehead atoms. The van der Waals surface area contributed by atoms with Crippen molar-refractivity contribution < 1.29 is 22.7 Å². The van der Waals surface area contributed by atoms with Crippen molar-refractivity contribution in [2.75, 3.05) is 44.6 Å². The van der Waals surface area contributed by atoms with E-state index < -0.39 is 17.8 Å². The molecule has 0 spiro atoms. The van der Waals surface area contributed by atoms with Gasteiger partial charge in [-0.1, -0.05) is 0 Å². The lowest BCUT2D eigenvalue weighted by Crippen LogP contribution is -2.31. The zero-order valence-electron chi connectivity index (χ0n) is 12.8. The van der Waals surface area contributed by atoms with Gasteiger partial charge in [0.15, 0.2) is 0 Å². The molecule has 1 aromatic rings. The predicted octanol–water partition coefficient (Wildman–Crippen LogP) is 2.93. The van der Waals surface area contributed by atoms with E-state index in [1.54, 1.807) is 19.0 Å². The number of carbonyl (C=O) groups excluding carboxylic acids is 1. The van der Waals surface area contributed by atoms with Crippen molar-refractivity contribution in [2.45, 2.75) is 12.6 Å². The number of methoxy groups -OCH3 is 1. The van der Waals surface area contributed by atoms with E-state index in [0.717, 1.165) is 6.07 Å². The number of nitrogens with one attached hydrogen (secondary N) is 2. The van der Waals surface area contributed by atoms with Crippen LogP contribution in [0.1, 0.15) is 12.0 Å². The minimum absolute atomic E-state index is 0.276. The first-order valence-corrected chi connectivity index (χ1v) is 6.68. The zero-order chi connectivity index (χ0) is 16.8. The molecule has 2 N–H and O–H groups in total. The summed E-state index contributed by atoms with van der Waals surface area (Å²) in [4.78, 5) is 13.2. The van der Waals surface area contributed by atoms with Gasteiger partial charge in [0, 0.05) is 40.0 Å². The molecule has 1 aromatic carbocycles. The number of rotatable bonds is 6. The van der Waals surface area contributed by atoms with Crippen molar-refractivity contribution in [1.29, 1.82) is 0 Å². The number of benzene rings is 1. The molecule has 0 aliphatic rings. The molecule has 0 radical (unpaired) electrons. The summed E-state index contributed by atoms with van der Waals surface area (Å²) in [6, 6.07) is 3.07. The molecule has 124 valence electrons. The second-order valence-corrected chi connectivity index (χ2v) is 4.85. The van der Waals surface area contributed by atoms with Crippen molar-refractivity contribution >= 4 is 17.4 Å². The molecule has 1 rings (SSSR count). The highest BCUT2D eigenvalue weighted by atomic mass is 19.4. The molecule has 22 heavy (non-hydrogen) atoms. The summed E-state index contributed by atoms with van der Waals surface area (Å²) in [6.07, 6.45) is -3.97. The van der Waals surface area contributed by atoms with Gasteiger partial charge in [-0.2, -0.15) is 13.2 Å². The Balaban J connectivity index is 2.83. The third kappa shape index (κ3) is 5.44. The summed E-state index contributed by atoms with van der Waals surface area (Å²) in [5.74, 6) is 0. The van der Waals surface area contributed by atoms with Gasteiger partial charge < -0.3 is 20.3 Å². The fourth-order valence-corrected chi connectivity index (χ4v) is 1.74. The number of hydrogen-bond acceptors (Lipinski definition) is 3. The molecule has 0 aromatic heterocycles. The summed E-state index contributed by atoms with van der Waals surface area (Å²) < 4.78 is 44.1. The lowest BCUT2D eigenvalue weighted by Gasteiger charge is -2.18. The predicted molar refractivity (Wildman–Crippen MR) is 79.3 cm³/mol. The minimum atomic E-state index is -4.55. The van der Waals surface area contributed by atoms with Gasteiger partial charge in [0.05, 0.1) is 11.3 Å². The highest BCUT2D eigenvalue weighted by molar-refractivity contribution is 5.90. The Morgan fingerprint density at radius 3 is 2.55 bits per heavy atom. The molecule has 8 heteroatoms. The second-order valence-electron chi connectivity index (χ2n) is 4.85. The van der Waals surface area contributed by atoms with E-state index in [-0.39, 0.29) is 5.69 Å². The maximum atomic E-state index is 13.1. The van der Waals surface area contributed by atoms with Gasteiger partial charge in [-0.15, -0.1) is 0 Å². The summed E-state index contributed by atoms with van der Waals surface area (Å²) in [6.45, 7) is 0.780.